The number of carbonyl (C=O) groups excluding carboxylic acids is 1. The van der Waals surface area contributed by atoms with Crippen molar-refractivity contribution in [2.45, 2.75) is 32.2 Å². The fraction of sp³-hybridized carbons (Fsp3) is 0.320. The molecule has 6 heteroatoms. The topological polar surface area (TPSA) is 64.4 Å². The zero-order chi connectivity index (χ0) is 21.8. The number of methoxy groups -OCH3 is 1. The molecule has 0 spiro atoms. The first-order chi connectivity index (χ1) is 15.1. The lowest BCUT2D eigenvalue weighted by atomic mass is 10.0. The molecular formula is C25H27N3O3. The molecule has 0 aliphatic carbocycles. The van der Waals surface area contributed by atoms with Gasteiger partial charge in [0.25, 0.3) is 5.56 Å². The van der Waals surface area contributed by atoms with Crippen LogP contribution in [0.15, 0.2) is 65.5 Å². The van der Waals surface area contributed by atoms with Crippen molar-refractivity contribution in [2.24, 2.45) is 0 Å². The van der Waals surface area contributed by atoms with Crippen LogP contribution in [0.1, 0.15) is 30.0 Å². The molecule has 0 saturated carbocycles. The molecule has 0 N–H and O–H groups in total. The molecule has 1 aliphatic heterocycles. The molecule has 6 nitrogen and oxygen atoms in total. The summed E-state index contributed by atoms with van der Waals surface area (Å²) >= 11 is 0. The summed E-state index contributed by atoms with van der Waals surface area (Å²) in [6, 6.07) is 19.2. The number of rotatable bonds is 5. The van der Waals surface area contributed by atoms with Crippen LogP contribution < -0.4 is 10.3 Å². The minimum absolute atomic E-state index is 0.00845. The van der Waals surface area contributed by atoms with Crippen molar-refractivity contribution in [3.05, 3.63) is 82.1 Å². The number of aromatic nitrogens is 2. The Hall–Kier alpha value is -3.41. The molecule has 31 heavy (non-hydrogen) atoms. The maximum Gasteiger partial charge on any atom is 0.267 e. The average Bonchev–Trinajstić information content (AvgIpc) is 2.80. The Bertz CT molecular complexity index is 1120. The molecule has 2 aromatic carbocycles. The lowest BCUT2D eigenvalue weighted by Gasteiger charge is -2.32. The normalized spacial score (nSPS) is 14.5. The number of benzene rings is 2. The molecule has 0 radical (unpaired) electrons. The zero-order valence-electron chi connectivity index (χ0n) is 18.0. The van der Waals surface area contributed by atoms with Crippen molar-refractivity contribution in [3.63, 3.8) is 0 Å². The van der Waals surface area contributed by atoms with Crippen LogP contribution in [-0.2, 0) is 11.2 Å². The largest absolute Gasteiger partial charge is 0.496 e. The van der Waals surface area contributed by atoms with E-state index in [2.05, 4.69) is 0 Å². The predicted octanol–water partition coefficient (Wildman–Crippen LogP) is 3.63. The van der Waals surface area contributed by atoms with E-state index in [1.165, 1.54) is 0 Å². The highest BCUT2D eigenvalue weighted by atomic mass is 16.5. The molecule has 1 aliphatic rings. The third-order valence-electron chi connectivity index (χ3n) is 5.89. The van der Waals surface area contributed by atoms with Gasteiger partial charge in [0.15, 0.2) is 0 Å². The summed E-state index contributed by atoms with van der Waals surface area (Å²) in [7, 11) is 1.62. The van der Waals surface area contributed by atoms with Crippen molar-refractivity contribution in [2.75, 3.05) is 20.2 Å². The van der Waals surface area contributed by atoms with E-state index in [0.29, 0.717) is 32.4 Å². The number of ether oxygens (including phenoxy) is 1. The summed E-state index contributed by atoms with van der Waals surface area (Å²) in [5, 5.41) is 4.71. The lowest BCUT2D eigenvalue weighted by Crippen LogP contribution is -2.42. The smallest absolute Gasteiger partial charge is 0.267 e. The molecule has 0 bridgehead atoms. The van der Waals surface area contributed by atoms with Gasteiger partial charge in [0, 0.05) is 30.3 Å². The van der Waals surface area contributed by atoms with E-state index >= 15 is 0 Å². The van der Waals surface area contributed by atoms with Gasteiger partial charge in [-0.2, -0.15) is 5.10 Å². The van der Waals surface area contributed by atoms with Gasteiger partial charge in [-0.3, -0.25) is 9.59 Å². The molecule has 4 rings (SSSR count). The predicted molar refractivity (Wildman–Crippen MR) is 120 cm³/mol. The zero-order valence-corrected chi connectivity index (χ0v) is 18.0. The van der Waals surface area contributed by atoms with Gasteiger partial charge in [0.2, 0.25) is 5.91 Å². The third-order valence-corrected chi connectivity index (χ3v) is 5.89. The third kappa shape index (κ3) is 4.53. The number of nitrogens with zero attached hydrogens (tertiary/aromatic N) is 3. The van der Waals surface area contributed by atoms with Crippen LogP contribution in [0.4, 0.5) is 0 Å². The Kier molecular flexibility index (Phi) is 6.16. The van der Waals surface area contributed by atoms with Crippen molar-refractivity contribution >= 4 is 5.91 Å². The first-order valence-corrected chi connectivity index (χ1v) is 10.6. The van der Waals surface area contributed by atoms with Crippen molar-refractivity contribution in [1.29, 1.82) is 0 Å². The highest BCUT2D eigenvalue weighted by Gasteiger charge is 2.26. The summed E-state index contributed by atoms with van der Waals surface area (Å²) < 4.78 is 6.97. The maximum atomic E-state index is 12.8. The summed E-state index contributed by atoms with van der Waals surface area (Å²) in [5.41, 5.74) is 3.50. The van der Waals surface area contributed by atoms with Gasteiger partial charge < -0.3 is 9.64 Å². The van der Waals surface area contributed by atoms with E-state index in [-0.39, 0.29) is 17.5 Å². The number of hydrogen-bond donors (Lipinski definition) is 0. The van der Waals surface area contributed by atoms with E-state index in [1.54, 1.807) is 17.9 Å². The van der Waals surface area contributed by atoms with Gasteiger partial charge >= 0.3 is 0 Å². The molecular weight excluding hydrogens is 390 g/mol. The Morgan fingerprint density at radius 1 is 1.06 bits per heavy atom. The number of hydrogen-bond acceptors (Lipinski definition) is 4. The average molecular weight is 418 g/mol. The number of carbonyl (C=O) groups is 1. The minimum atomic E-state index is -0.0871. The molecule has 1 saturated heterocycles. The van der Waals surface area contributed by atoms with Gasteiger partial charge in [-0.05, 0) is 31.4 Å². The molecule has 0 unspecified atom stereocenters. The van der Waals surface area contributed by atoms with Crippen molar-refractivity contribution < 1.29 is 9.53 Å². The van der Waals surface area contributed by atoms with Crippen molar-refractivity contribution in [3.8, 4) is 17.0 Å². The second-order valence-electron chi connectivity index (χ2n) is 7.93. The van der Waals surface area contributed by atoms with Gasteiger partial charge in [0.1, 0.15) is 5.75 Å². The lowest BCUT2D eigenvalue weighted by molar-refractivity contribution is -0.131. The Morgan fingerprint density at radius 2 is 1.74 bits per heavy atom. The highest BCUT2D eigenvalue weighted by Crippen LogP contribution is 2.25. The molecule has 2 heterocycles. The monoisotopic (exact) mass is 417 g/mol. The quantitative estimate of drug-likeness (QED) is 0.636. The van der Waals surface area contributed by atoms with Crippen LogP contribution in [0.3, 0.4) is 0 Å². The maximum absolute atomic E-state index is 12.8. The van der Waals surface area contributed by atoms with Crippen LogP contribution in [0, 0.1) is 6.92 Å². The first kappa shape index (κ1) is 20.8. The molecule has 1 amide bonds. The van der Waals surface area contributed by atoms with E-state index in [4.69, 9.17) is 9.84 Å². The number of amides is 1. The molecule has 0 atom stereocenters. The Balaban J connectivity index is 1.46. The van der Waals surface area contributed by atoms with Crippen LogP contribution >= 0.6 is 0 Å². The van der Waals surface area contributed by atoms with Gasteiger partial charge in [-0.15, -0.1) is 0 Å². The number of aryl methyl sites for hydroxylation is 1. The van der Waals surface area contributed by atoms with Crippen LogP contribution in [0.2, 0.25) is 0 Å². The second kappa shape index (κ2) is 9.16. The van der Waals surface area contributed by atoms with E-state index in [1.807, 2.05) is 66.4 Å². The summed E-state index contributed by atoms with van der Waals surface area (Å²) in [5.74, 6) is 0.812. The van der Waals surface area contributed by atoms with Gasteiger partial charge in [-0.1, -0.05) is 48.5 Å². The summed E-state index contributed by atoms with van der Waals surface area (Å²) in [4.78, 5) is 27.3. The number of likely N-dealkylation sites (tertiary alicyclic amines) is 1. The van der Waals surface area contributed by atoms with E-state index in [9.17, 15) is 9.59 Å². The Morgan fingerprint density at radius 3 is 2.45 bits per heavy atom. The van der Waals surface area contributed by atoms with Crippen molar-refractivity contribution in [1.82, 2.24) is 14.7 Å². The number of para-hydroxylation sites is 1. The van der Waals surface area contributed by atoms with E-state index < -0.39 is 0 Å². The fourth-order valence-electron chi connectivity index (χ4n) is 4.18. The summed E-state index contributed by atoms with van der Waals surface area (Å²) in [6.07, 6.45) is 1.74. The van der Waals surface area contributed by atoms with Crippen LogP contribution in [0.25, 0.3) is 11.3 Å². The summed E-state index contributed by atoms with van der Waals surface area (Å²) in [6.45, 7) is 3.14. The standard InChI is InChI=1S/C25H27N3O3/c1-18-16-24(30)28(26-25(18)19-8-4-3-5-9-19)21-12-14-27(15-13-21)23(29)17-20-10-6-7-11-22(20)31-2/h3-11,16,21H,12-15,17H2,1-2H3. The van der Waals surface area contributed by atoms with Gasteiger partial charge in [0.05, 0.1) is 25.3 Å². The fourth-order valence-corrected chi connectivity index (χ4v) is 4.18. The molecule has 1 fully saturated rings. The molecule has 3 aromatic rings. The number of piperidine rings is 1. The van der Waals surface area contributed by atoms with Gasteiger partial charge in [-0.25, -0.2) is 4.68 Å². The van der Waals surface area contributed by atoms with Crippen LogP contribution in [0.5, 0.6) is 5.75 Å². The highest BCUT2D eigenvalue weighted by molar-refractivity contribution is 5.79. The SMILES string of the molecule is COc1ccccc1CC(=O)N1CCC(n2nc(-c3ccccc3)c(C)cc2=O)CC1. The Labute approximate surface area is 182 Å². The minimum Gasteiger partial charge on any atom is -0.496 e. The van der Waals surface area contributed by atoms with E-state index in [0.717, 1.165) is 28.1 Å². The molecule has 160 valence electrons. The molecule has 1 aromatic heterocycles. The first-order valence-electron chi connectivity index (χ1n) is 10.6. The second-order valence-corrected chi connectivity index (χ2v) is 7.93. The van der Waals surface area contributed by atoms with Crippen LogP contribution in [-0.4, -0.2) is 40.8 Å².